The summed E-state index contributed by atoms with van der Waals surface area (Å²) in [5.74, 6) is -1.02. The van der Waals surface area contributed by atoms with E-state index in [1.807, 2.05) is 6.92 Å². The molecule has 0 radical (unpaired) electrons. The summed E-state index contributed by atoms with van der Waals surface area (Å²) in [6.07, 6.45) is 0.672. The van der Waals surface area contributed by atoms with Crippen LogP contribution in [0.1, 0.15) is 26.7 Å². The maximum Gasteiger partial charge on any atom is 0.303 e. The number of carbonyl (C=O) groups excluding carboxylic acids is 1. The minimum absolute atomic E-state index is 0.116. The lowest BCUT2D eigenvalue weighted by molar-refractivity contribution is -0.142. The first-order valence-electron chi connectivity index (χ1n) is 3.87. The van der Waals surface area contributed by atoms with Crippen molar-refractivity contribution in [2.45, 2.75) is 26.7 Å². The Morgan fingerprint density at radius 3 is 2.50 bits per heavy atom. The summed E-state index contributed by atoms with van der Waals surface area (Å²) >= 11 is 0. The van der Waals surface area contributed by atoms with Gasteiger partial charge in [-0.15, -0.1) is 0 Å². The molecule has 0 spiro atoms. The van der Waals surface area contributed by atoms with Gasteiger partial charge in [0.15, 0.2) is 0 Å². The molecule has 0 saturated carbocycles. The van der Waals surface area contributed by atoms with Crippen molar-refractivity contribution in [3.63, 3.8) is 0 Å². The van der Waals surface area contributed by atoms with Crippen LogP contribution in [0.15, 0.2) is 0 Å². The smallest absolute Gasteiger partial charge is 0.303 e. The van der Waals surface area contributed by atoms with Gasteiger partial charge in [-0.3, -0.25) is 9.59 Å². The van der Waals surface area contributed by atoms with Gasteiger partial charge in [0.1, 0.15) is 0 Å². The average molecular weight is 174 g/mol. The van der Waals surface area contributed by atoms with E-state index in [9.17, 15) is 9.59 Å². The maximum absolute atomic E-state index is 10.3. The molecule has 12 heavy (non-hydrogen) atoms. The lowest BCUT2D eigenvalue weighted by atomic mass is 10.1. The van der Waals surface area contributed by atoms with Crippen molar-refractivity contribution in [2.24, 2.45) is 5.92 Å². The zero-order valence-corrected chi connectivity index (χ0v) is 7.37. The van der Waals surface area contributed by atoms with Gasteiger partial charge in [0.05, 0.1) is 6.61 Å². The highest BCUT2D eigenvalue weighted by Crippen LogP contribution is 2.05. The number of carboxylic acids is 1. The number of carbonyl (C=O) groups is 2. The fraction of sp³-hybridized carbons (Fsp3) is 0.750. The molecule has 0 aliphatic rings. The van der Waals surface area contributed by atoms with Crippen LogP contribution in [-0.4, -0.2) is 23.7 Å². The van der Waals surface area contributed by atoms with Crippen LogP contribution in [0.2, 0.25) is 0 Å². The van der Waals surface area contributed by atoms with Crippen LogP contribution >= 0.6 is 0 Å². The van der Waals surface area contributed by atoms with E-state index in [-0.39, 0.29) is 18.3 Å². The van der Waals surface area contributed by atoms with Gasteiger partial charge in [-0.05, 0) is 12.3 Å². The molecule has 0 amide bonds. The standard InChI is InChI=1S/C8H14O4/c1-6(3-4-8(10)11)5-12-7(2)9/h6H,3-5H2,1-2H3,(H,10,11)/t6-/m0/s1. The van der Waals surface area contributed by atoms with E-state index in [2.05, 4.69) is 0 Å². The molecule has 0 aromatic carbocycles. The van der Waals surface area contributed by atoms with Crippen LogP contribution in [-0.2, 0) is 14.3 Å². The third kappa shape index (κ3) is 7.05. The molecule has 0 unspecified atom stereocenters. The van der Waals surface area contributed by atoms with E-state index < -0.39 is 5.97 Å². The van der Waals surface area contributed by atoms with E-state index in [0.29, 0.717) is 13.0 Å². The summed E-state index contributed by atoms with van der Waals surface area (Å²) < 4.78 is 4.70. The molecule has 0 rings (SSSR count). The SMILES string of the molecule is CC(=O)OC[C@@H](C)CCC(=O)O. The molecule has 0 saturated heterocycles. The minimum atomic E-state index is -0.815. The fourth-order valence-electron chi connectivity index (χ4n) is 0.713. The van der Waals surface area contributed by atoms with Crippen LogP contribution in [0.5, 0.6) is 0 Å². The molecular weight excluding hydrogens is 160 g/mol. The molecule has 4 heteroatoms. The van der Waals surface area contributed by atoms with E-state index in [4.69, 9.17) is 9.84 Å². The van der Waals surface area contributed by atoms with Crippen LogP contribution in [0.3, 0.4) is 0 Å². The van der Waals surface area contributed by atoms with Gasteiger partial charge in [0, 0.05) is 13.3 Å². The largest absolute Gasteiger partial charge is 0.481 e. The van der Waals surface area contributed by atoms with E-state index in [0.717, 1.165) is 0 Å². The zero-order chi connectivity index (χ0) is 9.56. The first-order valence-corrected chi connectivity index (χ1v) is 3.87. The second-order valence-corrected chi connectivity index (χ2v) is 2.84. The number of ether oxygens (including phenoxy) is 1. The molecule has 0 aliphatic carbocycles. The lowest BCUT2D eigenvalue weighted by Gasteiger charge is -2.08. The van der Waals surface area contributed by atoms with Gasteiger partial charge in [-0.1, -0.05) is 6.92 Å². The van der Waals surface area contributed by atoms with E-state index >= 15 is 0 Å². The van der Waals surface area contributed by atoms with Crippen molar-refractivity contribution in [1.82, 2.24) is 0 Å². The van der Waals surface area contributed by atoms with E-state index in [1.54, 1.807) is 0 Å². The summed E-state index contributed by atoms with van der Waals surface area (Å²) in [7, 11) is 0. The number of hydrogen-bond donors (Lipinski definition) is 1. The van der Waals surface area contributed by atoms with Crippen LogP contribution in [0.4, 0.5) is 0 Å². The summed E-state index contributed by atoms with van der Waals surface area (Å²) in [5, 5.41) is 8.33. The monoisotopic (exact) mass is 174 g/mol. The summed E-state index contributed by atoms with van der Waals surface area (Å²) in [6.45, 7) is 3.50. The Bertz CT molecular complexity index is 146. The second kappa shape index (κ2) is 5.57. The normalized spacial score (nSPS) is 12.2. The molecule has 4 nitrogen and oxygen atoms in total. The van der Waals surface area contributed by atoms with Gasteiger partial charge in [-0.25, -0.2) is 0 Å². The highest BCUT2D eigenvalue weighted by molar-refractivity contribution is 5.66. The fourth-order valence-corrected chi connectivity index (χ4v) is 0.713. The first kappa shape index (κ1) is 10.9. The highest BCUT2D eigenvalue weighted by atomic mass is 16.5. The predicted molar refractivity (Wildman–Crippen MR) is 42.7 cm³/mol. The molecule has 0 aliphatic heterocycles. The quantitative estimate of drug-likeness (QED) is 0.633. The maximum atomic E-state index is 10.3. The Morgan fingerprint density at radius 1 is 1.50 bits per heavy atom. The zero-order valence-electron chi connectivity index (χ0n) is 7.37. The summed E-state index contributed by atoms with van der Waals surface area (Å²) in [6, 6.07) is 0. The van der Waals surface area contributed by atoms with Gasteiger partial charge < -0.3 is 9.84 Å². The van der Waals surface area contributed by atoms with Crippen molar-refractivity contribution in [3.05, 3.63) is 0 Å². The van der Waals surface area contributed by atoms with Gasteiger partial charge in [-0.2, -0.15) is 0 Å². The molecule has 1 N–H and O–H groups in total. The number of aliphatic carboxylic acids is 1. The number of carboxylic acid groups (broad SMARTS) is 1. The van der Waals surface area contributed by atoms with Crippen molar-refractivity contribution in [3.8, 4) is 0 Å². The van der Waals surface area contributed by atoms with E-state index in [1.165, 1.54) is 6.92 Å². The van der Waals surface area contributed by atoms with Crippen LogP contribution in [0, 0.1) is 5.92 Å². The molecule has 0 fully saturated rings. The Balaban J connectivity index is 3.39. The van der Waals surface area contributed by atoms with Crippen molar-refractivity contribution < 1.29 is 19.4 Å². The van der Waals surface area contributed by atoms with Crippen molar-refractivity contribution >= 4 is 11.9 Å². The number of esters is 1. The lowest BCUT2D eigenvalue weighted by Crippen LogP contribution is -2.10. The van der Waals surface area contributed by atoms with Crippen molar-refractivity contribution in [1.29, 1.82) is 0 Å². The minimum Gasteiger partial charge on any atom is -0.481 e. The molecule has 1 atom stereocenters. The third-order valence-electron chi connectivity index (χ3n) is 1.42. The topological polar surface area (TPSA) is 63.6 Å². The Labute approximate surface area is 71.5 Å². The molecule has 0 aromatic heterocycles. The third-order valence-corrected chi connectivity index (χ3v) is 1.42. The molecular formula is C8H14O4. The molecule has 0 heterocycles. The Kier molecular flexibility index (Phi) is 5.08. The summed E-state index contributed by atoms with van der Waals surface area (Å²) in [5.41, 5.74) is 0. The average Bonchev–Trinajstić information content (AvgIpc) is 1.96. The Hall–Kier alpha value is -1.06. The van der Waals surface area contributed by atoms with Gasteiger partial charge in [0.25, 0.3) is 0 Å². The van der Waals surface area contributed by atoms with Crippen LogP contribution < -0.4 is 0 Å². The van der Waals surface area contributed by atoms with Gasteiger partial charge in [0.2, 0.25) is 0 Å². The predicted octanol–water partition coefficient (Wildman–Crippen LogP) is 1.05. The number of rotatable bonds is 5. The first-order chi connectivity index (χ1) is 5.52. The molecule has 70 valence electrons. The second-order valence-electron chi connectivity index (χ2n) is 2.84. The van der Waals surface area contributed by atoms with Gasteiger partial charge >= 0.3 is 11.9 Å². The van der Waals surface area contributed by atoms with Crippen LogP contribution in [0.25, 0.3) is 0 Å². The Morgan fingerprint density at radius 2 is 2.08 bits per heavy atom. The molecule has 0 aromatic rings. The summed E-state index contributed by atoms with van der Waals surface area (Å²) in [4.78, 5) is 20.5. The highest BCUT2D eigenvalue weighted by Gasteiger charge is 2.06. The number of hydrogen-bond acceptors (Lipinski definition) is 3. The molecule has 0 bridgehead atoms. The van der Waals surface area contributed by atoms with Crippen molar-refractivity contribution in [2.75, 3.05) is 6.61 Å².